The molecule has 0 aromatic carbocycles. The molecule has 0 spiro atoms. The van der Waals surface area contributed by atoms with Crippen LogP contribution in [-0.2, 0) is 9.59 Å². The average molecular weight is 307 g/mol. The van der Waals surface area contributed by atoms with Crippen molar-refractivity contribution in [3.8, 4) is 0 Å². The number of likely N-dealkylation sites (tertiary alicyclic amines) is 2. The molecular weight excluding hydrogens is 278 g/mol. The predicted octanol–water partition coefficient (Wildman–Crippen LogP) is 1.37. The molecule has 2 heterocycles. The molecule has 124 valence electrons. The third-order valence-electron chi connectivity index (χ3n) is 5.32. The molecule has 1 saturated carbocycles. The number of nitrogens with one attached hydrogen (secondary N) is 1. The Labute approximate surface area is 133 Å². The van der Waals surface area contributed by atoms with Crippen molar-refractivity contribution < 1.29 is 9.59 Å². The molecule has 5 heteroatoms. The van der Waals surface area contributed by atoms with Crippen LogP contribution in [0.3, 0.4) is 0 Å². The molecule has 5 nitrogen and oxygen atoms in total. The van der Waals surface area contributed by atoms with Crippen molar-refractivity contribution in [2.45, 2.75) is 77.0 Å². The first-order chi connectivity index (χ1) is 10.5. The highest BCUT2D eigenvalue weighted by Gasteiger charge is 2.41. The largest absolute Gasteiger partial charge is 0.350 e. The summed E-state index contributed by atoms with van der Waals surface area (Å²) in [6, 6.07) is 1.32. The standard InChI is InChI=1S/C17H29N3O2/c1-11(2)17(22)19-8-4-5-15(19)16(21)18-13-9-12(3)20(10-13)14-6-7-14/h11-15H,4-10H2,1-3H3,(H,18,21). The zero-order valence-corrected chi connectivity index (χ0v) is 14.0. The summed E-state index contributed by atoms with van der Waals surface area (Å²) in [5.41, 5.74) is 0. The van der Waals surface area contributed by atoms with Gasteiger partial charge in [0.25, 0.3) is 0 Å². The molecular formula is C17H29N3O2. The molecule has 3 rings (SSSR count). The summed E-state index contributed by atoms with van der Waals surface area (Å²) in [6.07, 6.45) is 5.40. The molecule has 3 atom stereocenters. The van der Waals surface area contributed by atoms with E-state index in [1.807, 2.05) is 13.8 Å². The second-order valence-corrected chi connectivity index (χ2v) is 7.56. The maximum Gasteiger partial charge on any atom is 0.243 e. The Bertz CT molecular complexity index is 447. The van der Waals surface area contributed by atoms with E-state index >= 15 is 0 Å². The lowest BCUT2D eigenvalue weighted by atomic mass is 10.1. The quantitative estimate of drug-likeness (QED) is 0.853. The summed E-state index contributed by atoms with van der Waals surface area (Å²) in [4.78, 5) is 29.2. The lowest BCUT2D eigenvalue weighted by Gasteiger charge is -2.27. The third kappa shape index (κ3) is 3.14. The molecule has 1 aliphatic carbocycles. The summed E-state index contributed by atoms with van der Waals surface area (Å²) >= 11 is 0. The van der Waals surface area contributed by atoms with E-state index in [1.165, 1.54) is 12.8 Å². The predicted molar refractivity (Wildman–Crippen MR) is 85.3 cm³/mol. The fourth-order valence-corrected chi connectivity index (χ4v) is 4.01. The van der Waals surface area contributed by atoms with Crippen LogP contribution in [0.25, 0.3) is 0 Å². The summed E-state index contributed by atoms with van der Waals surface area (Å²) in [5.74, 6) is 0.128. The molecule has 2 saturated heterocycles. The summed E-state index contributed by atoms with van der Waals surface area (Å²) in [7, 11) is 0. The van der Waals surface area contributed by atoms with Crippen LogP contribution in [0.4, 0.5) is 0 Å². The van der Waals surface area contributed by atoms with Gasteiger partial charge < -0.3 is 10.2 Å². The van der Waals surface area contributed by atoms with E-state index in [4.69, 9.17) is 0 Å². The van der Waals surface area contributed by atoms with E-state index in [9.17, 15) is 9.59 Å². The summed E-state index contributed by atoms with van der Waals surface area (Å²) < 4.78 is 0. The van der Waals surface area contributed by atoms with Gasteiger partial charge in [0, 0.05) is 37.1 Å². The summed E-state index contributed by atoms with van der Waals surface area (Å²) in [5, 5.41) is 3.21. The fourth-order valence-electron chi connectivity index (χ4n) is 4.01. The minimum absolute atomic E-state index is 0.0368. The van der Waals surface area contributed by atoms with Crippen LogP contribution in [0, 0.1) is 5.92 Å². The molecule has 1 N–H and O–H groups in total. The minimum Gasteiger partial charge on any atom is -0.350 e. The first-order valence-corrected chi connectivity index (χ1v) is 8.84. The van der Waals surface area contributed by atoms with Crippen molar-refractivity contribution in [2.24, 2.45) is 5.92 Å². The van der Waals surface area contributed by atoms with Gasteiger partial charge >= 0.3 is 0 Å². The number of carbonyl (C=O) groups excluding carboxylic acids is 2. The van der Waals surface area contributed by atoms with Crippen LogP contribution in [0.1, 0.15) is 52.9 Å². The normalized spacial score (nSPS) is 32.7. The number of nitrogens with zero attached hydrogens (tertiary/aromatic N) is 2. The minimum atomic E-state index is -0.250. The van der Waals surface area contributed by atoms with E-state index in [0.29, 0.717) is 6.04 Å². The zero-order valence-electron chi connectivity index (χ0n) is 14.0. The van der Waals surface area contributed by atoms with Gasteiger partial charge in [-0.05, 0) is 39.0 Å². The number of rotatable bonds is 4. The van der Waals surface area contributed by atoms with E-state index < -0.39 is 0 Å². The van der Waals surface area contributed by atoms with Gasteiger partial charge in [0.05, 0.1) is 0 Å². The Hall–Kier alpha value is -1.10. The Morgan fingerprint density at radius 1 is 1.18 bits per heavy atom. The van der Waals surface area contributed by atoms with Gasteiger partial charge in [-0.1, -0.05) is 13.8 Å². The monoisotopic (exact) mass is 307 g/mol. The Balaban J connectivity index is 1.56. The molecule has 22 heavy (non-hydrogen) atoms. The van der Waals surface area contributed by atoms with Crippen LogP contribution in [0.5, 0.6) is 0 Å². The SMILES string of the molecule is CC(C)C(=O)N1CCCC1C(=O)NC1CC(C)N(C2CC2)C1. The van der Waals surface area contributed by atoms with Gasteiger partial charge in [0.1, 0.15) is 6.04 Å². The van der Waals surface area contributed by atoms with Crippen molar-refractivity contribution in [3.63, 3.8) is 0 Å². The van der Waals surface area contributed by atoms with E-state index in [-0.39, 0.29) is 29.8 Å². The zero-order chi connectivity index (χ0) is 15.9. The molecule has 2 amide bonds. The van der Waals surface area contributed by atoms with E-state index in [0.717, 1.165) is 38.4 Å². The Kier molecular flexibility index (Phi) is 4.44. The van der Waals surface area contributed by atoms with Crippen LogP contribution in [0.2, 0.25) is 0 Å². The fraction of sp³-hybridized carbons (Fsp3) is 0.882. The van der Waals surface area contributed by atoms with Gasteiger partial charge in [0.2, 0.25) is 11.8 Å². The van der Waals surface area contributed by atoms with E-state index in [2.05, 4.69) is 17.1 Å². The number of hydrogen-bond donors (Lipinski definition) is 1. The highest BCUT2D eigenvalue weighted by Crippen LogP contribution is 2.33. The highest BCUT2D eigenvalue weighted by atomic mass is 16.2. The molecule has 0 aromatic rings. The van der Waals surface area contributed by atoms with Crippen molar-refractivity contribution in [1.29, 1.82) is 0 Å². The number of amides is 2. The van der Waals surface area contributed by atoms with Crippen LogP contribution >= 0.6 is 0 Å². The van der Waals surface area contributed by atoms with Crippen LogP contribution < -0.4 is 5.32 Å². The van der Waals surface area contributed by atoms with Crippen molar-refractivity contribution in [3.05, 3.63) is 0 Å². The first kappa shape index (κ1) is 15.8. The lowest BCUT2D eigenvalue weighted by Crippen LogP contribution is -2.50. The second kappa shape index (κ2) is 6.19. The second-order valence-electron chi connectivity index (χ2n) is 7.56. The van der Waals surface area contributed by atoms with Gasteiger partial charge in [0.15, 0.2) is 0 Å². The van der Waals surface area contributed by atoms with Crippen LogP contribution in [0.15, 0.2) is 0 Å². The summed E-state index contributed by atoms with van der Waals surface area (Å²) in [6.45, 7) is 7.77. The molecule has 3 fully saturated rings. The van der Waals surface area contributed by atoms with Crippen molar-refractivity contribution in [1.82, 2.24) is 15.1 Å². The van der Waals surface area contributed by atoms with Crippen molar-refractivity contribution >= 4 is 11.8 Å². The molecule has 0 bridgehead atoms. The lowest BCUT2D eigenvalue weighted by molar-refractivity contribution is -0.141. The average Bonchev–Trinajstić information content (AvgIpc) is 3.06. The third-order valence-corrected chi connectivity index (χ3v) is 5.32. The highest BCUT2D eigenvalue weighted by molar-refractivity contribution is 5.89. The van der Waals surface area contributed by atoms with Gasteiger partial charge in [-0.15, -0.1) is 0 Å². The van der Waals surface area contributed by atoms with E-state index in [1.54, 1.807) is 4.90 Å². The molecule has 3 unspecified atom stereocenters. The molecule has 0 radical (unpaired) electrons. The number of carbonyl (C=O) groups is 2. The molecule has 2 aliphatic heterocycles. The number of hydrogen-bond acceptors (Lipinski definition) is 3. The molecule has 0 aromatic heterocycles. The Morgan fingerprint density at radius 2 is 1.91 bits per heavy atom. The van der Waals surface area contributed by atoms with Gasteiger partial charge in [-0.2, -0.15) is 0 Å². The smallest absolute Gasteiger partial charge is 0.243 e. The maximum atomic E-state index is 12.6. The topological polar surface area (TPSA) is 52.7 Å². The van der Waals surface area contributed by atoms with Crippen molar-refractivity contribution in [2.75, 3.05) is 13.1 Å². The maximum absolute atomic E-state index is 12.6. The first-order valence-electron chi connectivity index (χ1n) is 8.84. The molecule has 3 aliphatic rings. The van der Waals surface area contributed by atoms with Gasteiger partial charge in [-0.25, -0.2) is 0 Å². The van der Waals surface area contributed by atoms with Crippen LogP contribution in [-0.4, -0.2) is 58.9 Å². The van der Waals surface area contributed by atoms with Gasteiger partial charge in [-0.3, -0.25) is 14.5 Å². The Morgan fingerprint density at radius 3 is 2.55 bits per heavy atom.